The van der Waals surface area contributed by atoms with Crippen molar-refractivity contribution >= 4 is 11.4 Å². The molecule has 4 heteroatoms. The number of nitrogens with zero attached hydrogens (tertiary/aromatic N) is 3. The zero-order chi connectivity index (χ0) is 13.8. The van der Waals surface area contributed by atoms with Crippen molar-refractivity contribution < 1.29 is 0 Å². The second kappa shape index (κ2) is 5.94. The van der Waals surface area contributed by atoms with Gasteiger partial charge in [-0.15, -0.1) is 0 Å². The summed E-state index contributed by atoms with van der Waals surface area (Å²) in [4.78, 5) is 4.84. The minimum absolute atomic E-state index is 0.625. The van der Waals surface area contributed by atoms with Crippen LogP contribution >= 0.6 is 0 Å². The van der Waals surface area contributed by atoms with E-state index in [1.165, 1.54) is 6.42 Å². The van der Waals surface area contributed by atoms with Crippen LogP contribution in [0.25, 0.3) is 0 Å². The Bertz CT molecular complexity index is 470. The molecule has 1 unspecified atom stereocenters. The fraction of sp³-hybridized carbons (Fsp3) is 0.533. The summed E-state index contributed by atoms with van der Waals surface area (Å²) >= 11 is 0. The standard InChI is InChI=1S/C15H22N4/c1-3-12(2)18-6-8-19(9-7-18)15-5-4-13(11-16)10-14(15)17/h4-5,10,12H,3,6-9,17H2,1-2H3. The van der Waals surface area contributed by atoms with Crippen molar-refractivity contribution in [3.05, 3.63) is 23.8 Å². The van der Waals surface area contributed by atoms with Gasteiger partial charge >= 0.3 is 0 Å². The largest absolute Gasteiger partial charge is 0.397 e. The molecule has 1 saturated heterocycles. The average molecular weight is 258 g/mol. The first kappa shape index (κ1) is 13.7. The Labute approximate surface area is 115 Å². The summed E-state index contributed by atoms with van der Waals surface area (Å²) < 4.78 is 0. The predicted molar refractivity (Wildman–Crippen MR) is 79.1 cm³/mol. The molecule has 2 rings (SSSR count). The quantitative estimate of drug-likeness (QED) is 0.843. The van der Waals surface area contributed by atoms with Crippen molar-refractivity contribution in [3.63, 3.8) is 0 Å². The highest BCUT2D eigenvalue weighted by molar-refractivity contribution is 5.69. The lowest BCUT2D eigenvalue weighted by molar-refractivity contribution is 0.193. The molecule has 1 atom stereocenters. The van der Waals surface area contributed by atoms with Crippen LogP contribution in [0.1, 0.15) is 25.8 Å². The molecular weight excluding hydrogens is 236 g/mol. The van der Waals surface area contributed by atoms with Crippen LogP contribution < -0.4 is 10.6 Å². The summed E-state index contributed by atoms with van der Waals surface area (Å²) in [5.74, 6) is 0. The molecule has 1 aromatic rings. The third-order valence-electron chi connectivity index (χ3n) is 4.03. The fourth-order valence-electron chi connectivity index (χ4n) is 2.57. The monoisotopic (exact) mass is 258 g/mol. The number of nitriles is 1. The van der Waals surface area contributed by atoms with Crippen LogP contribution in [0.4, 0.5) is 11.4 Å². The summed E-state index contributed by atoms with van der Waals surface area (Å²) in [6.07, 6.45) is 1.19. The molecule has 1 fully saturated rings. The molecule has 1 aliphatic rings. The Balaban J connectivity index is 2.04. The molecule has 102 valence electrons. The van der Waals surface area contributed by atoms with Gasteiger partial charge in [-0.25, -0.2) is 0 Å². The normalized spacial score (nSPS) is 18.1. The molecule has 0 amide bonds. The van der Waals surface area contributed by atoms with E-state index in [0.717, 1.165) is 31.9 Å². The molecule has 0 aromatic heterocycles. The summed E-state index contributed by atoms with van der Waals surface area (Å²) in [6.45, 7) is 8.67. The molecule has 2 N–H and O–H groups in total. The summed E-state index contributed by atoms with van der Waals surface area (Å²) in [7, 11) is 0. The molecule has 1 aromatic carbocycles. The van der Waals surface area contributed by atoms with Crippen molar-refractivity contribution in [3.8, 4) is 6.07 Å². The van der Waals surface area contributed by atoms with Crippen molar-refractivity contribution in [2.45, 2.75) is 26.3 Å². The minimum Gasteiger partial charge on any atom is -0.397 e. The van der Waals surface area contributed by atoms with Crippen molar-refractivity contribution in [2.75, 3.05) is 36.8 Å². The molecule has 19 heavy (non-hydrogen) atoms. The lowest BCUT2D eigenvalue weighted by atomic mass is 10.1. The summed E-state index contributed by atoms with van der Waals surface area (Å²) in [5.41, 5.74) is 8.43. The van der Waals surface area contributed by atoms with Gasteiger partial charge in [-0.2, -0.15) is 5.26 Å². The van der Waals surface area contributed by atoms with Crippen molar-refractivity contribution in [1.82, 2.24) is 4.90 Å². The maximum absolute atomic E-state index is 8.86. The molecule has 0 spiro atoms. The van der Waals surface area contributed by atoms with Gasteiger partial charge in [0.2, 0.25) is 0 Å². The van der Waals surface area contributed by atoms with Crippen LogP contribution in [-0.4, -0.2) is 37.1 Å². The number of rotatable bonds is 3. The molecular formula is C15H22N4. The second-order valence-corrected chi connectivity index (χ2v) is 5.17. The number of nitrogens with two attached hydrogens (primary N) is 1. The number of hydrogen-bond donors (Lipinski definition) is 1. The first-order valence-corrected chi connectivity index (χ1v) is 6.94. The summed E-state index contributed by atoms with van der Waals surface area (Å²) in [6, 6.07) is 8.34. The van der Waals surface area contributed by atoms with Crippen molar-refractivity contribution in [2.24, 2.45) is 0 Å². The number of benzene rings is 1. The van der Waals surface area contributed by atoms with E-state index >= 15 is 0 Å². The molecule has 0 bridgehead atoms. The Morgan fingerprint density at radius 3 is 2.53 bits per heavy atom. The Hall–Kier alpha value is -1.73. The Morgan fingerprint density at radius 1 is 1.32 bits per heavy atom. The van der Waals surface area contributed by atoms with Crippen LogP contribution in [0.3, 0.4) is 0 Å². The zero-order valence-corrected chi connectivity index (χ0v) is 11.8. The molecule has 0 saturated carbocycles. The maximum atomic E-state index is 8.86. The van der Waals surface area contributed by atoms with Crippen LogP contribution in [0.2, 0.25) is 0 Å². The van der Waals surface area contributed by atoms with Gasteiger partial charge in [0.15, 0.2) is 0 Å². The van der Waals surface area contributed by atoms with E-state index in [9.17, 15) is 0 Å². The smallest absolute Gasteiger partial charge is 0.0992 e. The van der Waals surface area contributed by atoms with E-state index in [0.29, 0.717) is 17.3 Å². The molecule has 4 nitrogen and oxygen atoms in total. The van der Waals surface area contributed by atoms with Gasteiger partial charge in [0.1, 0.15) is 0 Å². The highest BCUT2D eigenvalue weighted by Gasteiger charge is 2.21. The van der Waals surface area contributed by atoms with Crippen LogP contribution in [-0.2, 0) is 0 Å². The molecule has 0 radical (unpaired) electrons. The van der Waals surface area contributed by atoms with E-state index in [-0.39, 0.29) is 0 Å². The molecule has 0 aliphatic carbocycles. The average Bonchev–Trinajstić information content (AvgIpc) is 2.46. The lowest BCUT2D eigenvalue weighted by Crippen LogP contribution is -2.49. The SMILES string of the molecule is CCC(C)N1CCN(c2ccc(C#N)cc2N)CC1. The van der Waals surface area contributed by atoms with Crippen LogP contribution in [0.5, 0.6) is 0 Å². The van der Waals surface area contributed by atoms with Gasteiger partial charge in [0.05, 0.1) is 23.0 Å². The Kier molecular flexibility index (Phi) is 4.28. The highest BCUT2D eigenvalue weighted by Crippen LogP contribution is 2.25. The zero-order valence-electron chi connectivity index (χ0n) is 11.8. The number of nitrogen functional groups attached to an aromatic ring is 1. The van der Waals surface area contributed by atoms with Gasteiger partial charge in [-0.05, 0) is 31.5 Å². The topological polar surface area (TPSA) is 56.3 Å². The van der Waals surface area contributed by atoms with Crippen molar-refractivity contribution in [1.29, 1.82) is 5.26 Å². The minimum atomic E-state index is 0.625. The van der Waals surface area contributed by atoms with Gasteiger partial charge in [-0.1, -0.05) is 6.92 Å². The molecule has 1 heterocycles. The second-order valence-electron chi connectivity index (χ2n) is 5.17. The number of anilines is 2. The molecule has 1 aliphatic heterocycles. The third kappa shape index (κ3) is 2.99. The van der Waals surface area contributed by atoms with Crippen LogP contribution in [0.15, 0.2) is 18.2 Å². The number of hydrogen-bond acceptors (Lipinski definition) is 4. The lowest BCUT2D eigenvalue weighted by Gasteiger charge is -2.39. The third-order valence-corrected chi connectivity index (χ3v) is 4.03. The number of piperazine rings is 1. The first-order chi connectivity index (χ1) is 9.15. The summed E-state index contributed by atoms with van der Waals surface area (Å²) in [5, 5.41) is 8.86. The van der Waals surface area contributed by atoms with E-state index < -0.39 is 0 Å². The van der Waals surface area contributed by atoms with E-state index in [4.69, 9.17) is 11.0 Å². The van der Waals surface area contributed by atoms with E-state index in [1.54, 1.807) is 6.07 Å². The van der Waals surface area contributed by atoms with Crippen LogP contribution in [0, 0.1) is 11.3 Å². The predicted octanol–water partition coefficient (Wildman–Crippen LogP) is 2.06. The van der Waals surface area contributed by atoms with Gasteiger partial charge in [-0.3, -0.25) is 4.90 Å². The van der Waals surface area contributed by atoms with E-state index in [2.05, 4.69) is 29.7 Å². The Morgan fingerprint density at radius 2 is 2.00 bits per heavy atom. The maximum Gasteiger partial charge on any atom is 0.0992 e. The van der Waals surface area contributed by atoms with Gasteiger partial charge in [0, 0.05) is 32.2 Å². The van der Waals surface area contributed by atoms with Gasteiger partial charge < -0.3 is 10.6 Å². The fourth-order valence-corrected chi connectivity index (χ4v) is 2.57. The first-order valence-electron chi connectivity index (χ1n) is 6.94. The highest BCUT2D eigenvalue weighted by atomic mass is 15.3. The van der Waals surface area contributed by atoms with Gasteiger partial charge in [0.25, 0.3) is 0 Å². The van der Waals surface area contributed by atoms with E-state index in [1.807, 2.05) is 12.1 Å².